The molecule has 1 N–H and O–H groups in total. The van der Waals surface area contributed by atoms with E-state index in [1.807, 2.05) is 0 Å². The highest BCUT2D eigenvalue weighted by Crippen LogP contribution is 2.34. The normalized spacial score (nSPS) is 13.8. The minimum atomic E-state index is -4.89. The van der Waals surface area contributed by atoms with Crippen molar-refractivity contribution < 1.29 is 26.0 Å². The van der Waals surface area contributed by atoms with Crippen LogP contribution in [0.4, 0.5) is 17.6 Å². The van der Waals surface area contributed by atoms with Crippen LogP contribution in [0.1, 0.15) is 17.2 Å². The quantitative estimate of drug-likeness (QED) is 0.864. The van der Waals surface area contributed by atoms with Crippen molar-refractivity contribution in [3.05, 3.63) is 59.7 Å². The van der Waals surface area contributed by atoms with E-state index in [1.54, 1.807) is 11.6 Å². The Morgan fingerprint density at radius 3 is 2.26 bits per heavy atom. The van der Waals surface area contributed by atoms with Crippen LogP contribution in [0.5, 0.6) is 0 Å². The summed E-state index contributed by atoms with van der Waals surface area (Å²) >= 11 is 0. The van der Waals surface area contributed by atoms with Crippen molar-refractivity contribution in [2.75, 3.05) is 0 Å². The molecule has 1 aromatic heterocycles. The number of sulfonamides is 1. The topological polar surface area (TPSA) is 59.1 Å². The van der Waals surface area contributed by atoms with Gasteiger partial charge in [-0.1, -0.05) is 12.1 Å². The average molecular weight is 348 g/mol. The van der Waals surface area contributed by atoms with Gasteiger partial charge < -0.3 is 0 Å². The summed E-state index contributed by atoms with van der Waals surface area (Å²) in [6.07, 6.45) is -2.56. The van der Waals surface area contributed by atoms with Gasteiger partial charge in [0.15, 0.2) is 0 Å². The van der Waals surface area contributed by atoms with E-state index in [9.17, 15) is 26.0 Å². The number of nitrogens with zero attached hydrogens (tertiary/aromatic N) is 1. The number of halogens is 4. The molecule has 0 spiro atoms. The van der Waals surface area contributed by atoms with E-state index < -0.39 is 33.6 Å². The van der Waals surface area contributed by atoms with Crippen molar-refractivity contribution in [2.24, 2.45) is 0 Å². The number of hydrogen-bond donors (Lipinski definition) is 1. The highest BCUT2D eigenvalue weighted by atomic mass is 32.2. The molecular weight excluding hydrogens is 336 g/mol. The van der Waals surface area contributed by atoms with Gasteiger partial charge in [0.05, 0.1) is 0 Å². The Morgan fingerprint density at radius 1 is 1.13 bits per heavy atom. The Kier molecular flexibility index (Phi) is 4.71. The predicted molar refractivity (Wildman–Crippen MR) is 74.5 cm³/mol. The molecule has 0 aliphatic rings. The molecule has 0 saturated heterocycles. The molecular formula is C14H12F4N2O2S. The summed E-state index contributed by atoms with van der Waals surface area (Å²) < 4.78 is 78.4. The first-order chi connectivity index (χ1) is 10.6. The second-order valence-corrected chi connectivity index (χ2v) is 6.56. The largest absolute Gasteiger partial charge is 0.408 e. The maximum Gasteiger partial charge on any atom is 0.408 e. The standard InChI is InChI=1S/C14H12F4N2O2S/c1-9-6-12(8-19-7-9)23(21,22)20-13(14(16,17)18)10-2-4-11(15)5-3-10/h2-8,13,20H,1H3. The third-order valence-electron chi connectivity index (χ3n) is 2.96. The predicted octanol–water partition coefficient (Wildman–Crippen LogP) is 3.11. The maximum atomic E-state index is 13.2. The molecule has 1 heterocycles. The molecule has 2 rings (SSSR count). The van der Waals surface area contributed by atoms with E-state index in [4.69, 9.17) is 0 Å². The van der Waals surface area contributed by atoms with Crippen LogP contribution < -0.4 is 4.72 Å². The fourth-order valence-electron chi connectivity index (χ4n) is 1.88. The molecule has 0 aliphatic carbocycles. The number of hydrogen-bond acceptors (Lipinski definition) is 3. The Bertz CT molecular complexity index is 789. The molecule has 2 aromatic rings. The summed E-state index contributed by atoms with van der Waals surface area (Å²) in [5, 5.41) is 0. The molecule has 1 atom stereocenters. The van der Waals surface area contributed by atoms with E-state index in [2.05, 4.69) is 4.98 Å². The lowest BCUT2D eigenvalue weighted by molar-refractivity contribution is -0.153. The van der Waals surface area contributed by atoms with E-state index in [0.717, 1.165) is 30.5 Å². The molecule has 0 saturated carbocycles. The molecule has 0 bridgehead atoms. The Balaban J connectivity index is 2.40. The summed E-state index contributed by atoms with van der Waals surface area (Å²) in [4.78, 5) is 3.27. The first-order valence-electron chi connectivity index (χ1n) is 6.36. The minimum Gasteiger partial charge on any atom is -0.263 e. The van der Waals surface area contributed by atoms with Gasteiger partial charge in [-0.15, -0.1) is 0 Å². The molecule has 0 amide bonds. The summed E-state index contributed by atoms with van der Waals surface area (Å²) in [7, 11) is -4.45. The third-order valence-corrected chi connectivity index (χ3v) is 4.35. The van der Waals surface area contributed by atoms with Gasteiger partial charge >= 0.3 is 6.18 Å². The third kappa shape index (κ3) is 4.26. The van der Waals surface area contributed by atoms with Crippen LogP contribution in [0.15, 0.2) is 47.6 Å². The zero-order valence-electron chi connectivity index (χ0n) is 11.8. The van der Waals surface area contributed by atoms with Crippen LogP contribution in [-0.2, 0) is 10.0 Å². The first-order valence-corrected chi connectivity index (χ1v) is 7.84. The number of alkyl halides is 3. The van der Waals surface area contributed by atoms with Gasteiger partial charge in [-0.3, -0.25) is 4.98 Å². The van der Waals surface area contributed by atoms with Crippen LogP contribution in [-0.4, -0.2) is 19.6 Å². The SMILES string of the molecule is Cc1cncc(S(=O)(=O)NC(c2ccc(F)cc2)C(F)(F)F)c1. The molecule has 0 radical (unpaired) electrons. The van der Waals surface area contributed by atoms with Crippen LogP contribution in [0.3, 0.4) is 0 Å². The lowest BCUT2D eigenvalue weighted by Gasteiger charge is -2.22. The fourth-order valence-corrected chi connectivity index (χ4v) is 3.13. The molecule has 23 heavy (non-hydrogen) atoms. The van der Waals surface area contributed by atoms with Gasteiger partial charge in [-0.05, 0) is 36.2 Å². The smallest absolute Gasteiger partial charge is 0.263 e. The van der Waals surface area contributed by atoms with E-state index >= 15 is 0 Å². The number of aryl methyl sites for hydroxylation is 1. The van der Waals surface area contributed by atoms with E-state index in [0.29, 0.717) is 5.56 Å². The van der Waals surface area contributed by atoms with Gasteiger partial charge in [0.25, 0.3) is 0 Å². The van der Waals surface area contributed by atoms with Crippen LogP contribution in [0.25, 0.3) is 0 Å². The number of pyridine rings is 1. The van der Waals surface area contributed by atoms with Crippen LogP contribution >= 0.6 is 0 Å². The summed E-state index contributed by atoms with van der Waals surface area (Å²) in [6.45, 7) is 1.56. The van der Waals surface area contributed by atoms with Crippen LogP contribution in [0, 0.1) is 12.7 Å². The molecule has 124 valence electrons. The highest BCUT2D eigenvalue weighted by Gasteiger charge is 2.43. The second-order valence-electron chi connectivity index (χ2n) is 4.85. The van der Waals surface area contributed by atoms with Gasteiger partial charge in [-0.25, -0.2) is 12.8 Å². The average Bonchev–Trinajstić information content (AvgIpc) is 2.45. The van der Waals surface area contributed by atoms with Gasteiger partial charge in [0.2, 0.25) is 10.0 Å². The fraction of sp³-hybridized carbons (Fsp3) is 0.214. The summed E-state index contributed by atoms with van der Waals surface area (Å²) in [5.41, 5.74) is 0.0707. The maximum absolute atomic E-state index is 13.2. The molecule has 4 nitrogen and oxygen atoms in total. The first kappa shape index (κ1) is 17.4. The number of benzene rings is 1. The lowest BCUT2D eigenvalue weighted by atomic mass is 10.1. The summed E-state index contributed by atoms with van der Waals surface area (Å²) in [6, 6.07) is 2.13. The van der Waals surface area contributed by atoms with Crippen molar-refractivity contribution in [1.82, 2.24) is 9.71 Å². The molecule has 0 aliphatic heterocycles. The number of rotatable bonds is 4. The lowest BCUT2D eigenvalue weighted by Crippen LogP contribution is -2.38. The van der Waals surface area contributed by atoms with Crippen molar-refractivity contribution in [2.45, 2.75) is 24.0 Å². The Morgan fingerprint density at radius 2 is 1.74 bits per heavy atom. The van der Waals surface area contributed by atoms with Crippen LogP contribution in [0.2, 0.25) is 0 Å². The molecule has 1 unspecified atom stereocenters. The Labute approximate surface area is 130 Å². The van der Waals surface area contributed by atoms with E-state index in [1.165, 1.54) is 12.3 Å². The number of nitrogens with one attached hydrogen (secondary N) is 1. The van der Waals surface area contributed by atoms with E-state index in [-0.39, 0.29) is 4.90 Å². The number of aromatic nitrogens is 1. The molecule has 9 heteroatoms. The second kappa shape index (κ2) is 6.25. The molecule has 1 aromatic carbocycles. The molecule has 0 fully saturated rings. The van der Waals surface area contributed by atoms with Gasteiger partial charge in [0, 0.05) is 12.4 Å². The van der Waals surface area contributed by atoms with Crippen molar-refractivity contribution in [3.8, 4) is 0 Å². The van der Waals surface area contributed by atoms with Crippen molar-refractivity contribution >= 4 is 10.0 Å². The van der Waals surface area contributed by atoms with Gasteiger partial charge in [-0.2, -0.15) is 17.9 Å². The van der Waals surface area contributed by atoms with Crippen molar-refractivity contribution in [1.29, 1.82) is 0 Å². The summed E-state index contributed by atoms with van der Waals surface area (Å²) in [5.74, 6) is -0.722. The zero-order valence-corrected chi connectivity index (χ0v) is 12.6. The highest BCUT2D eigenvalue weighted by molar-refractivity contribution is 7.89. The van der Waals surface area contributed by atoms with Crippen molar-refractivity contribution in [3.63, 3.8) is 0 Å². The monoisotopic (exact) mass is 348 g/mol. The Hall–Kier alpha value is -2.00. The zero-order chi connectivity index (χ0) is 17.3. The van der Waals surface area contributed by atoms with Gasteiger partial charge in [0.1, 0.15) is 16.8 Å². The minimum absolute atomic E-state index is 0.381.